The molecule has 0 aromatic heterocycles. The van der Waals surface area contributed by atoms with Crippen LogP contribution in [-0.4, -0.2) is 37.2 Å². The third kappa shape index (κ3) is 6.83. The van der Waals surface area contributed by atoms with Crippen molar-refractivity contribution >= 4 is 37.7 Å². The molecule has 0 aromatic rings. The number of hydrogen-bond donors (Lipinski definition) is 2. The molecule has 0 spiro atoms. The molecule has 0 fully saturated rings. The van der Waals surface area contributed by atoms with Gasteiger partial charge in [-0.05, 0) is 18.6 Å². The van der Waals surface area contributed by atoms with Gasteiger partial charge in [0.25, 0.3) is 6.47 Å². The van der Waals surface area contributed by atoms with Crippen molar-refractivity contribution in [1.29, 1.82) is 0 Å². The molecule has 0 amide bonds. The number of carbonyl (C=O) groups excluding carboxylic acids is 2. The Bertz CT molecular complexity index is 236. The first kappa shape index (κ1) is 16.6. The summed E-state index contributed by atoms with van der Waals surface area (Å²) in [6.07, 6.45) is 1.78. The van der Waals surface area contributed by atoms with Gasteiger partial charge >= 0.3 is 5.97 Å². The van der Waals surface area contributed by atoms with Gasteiger partial charge in [0.15, 0.2) is 0 Å². The number of ether oxygens (including phenoxy) is 2. The summed E-state index contributed by atoms with van der Waals surface area (Å²) in [5, 5.41) is 0. The van der Waals surface area contributed by atoms with Crippen LogP contribution in [0.2, 0.25) is 0 Å². The lowest BCUT2D eigenvalue weighted by Gasteiger charge is -2.30. The largest absolute Gasteiger partial charge is 0.467 e. The van der Waals surface area contributed by atoms with Gasteiger partial charge < -0.3 is 9.47 Å². The van der Waals surface area contributed by atoms with E-state index in [1.165, 1.54) is 0 Å². The third-order valence-corrected chi connectivity index (χ3v) is 3.15. The average molecular weight is 280 g/mol. The molecule has 4 nitrogen and oxygen atoms in total. The highest BCUT2D eigenvalue weighted by Crippen LogP contribution is 2.28. The van der Waals surface area contributed by atoms with E-state index in [0.29, 0.717) is 18.0 Å². The van der Waals surface area contributed by atoms with E-state index in [4.69, 9.17) is 9.47 Å². The maximum absolute atomic E-state index is 11.3. The van der Waals surface area contributed by atoms with Crippen molar-refractivity contribution in [2.75, 3.05) is 24.7 Å². The van der Waals surface area contributed by atoms with Crippen LogP contribution in [0.4, 0.5) is 0 Å². The highest BCUT2D eigenvalue weighted by molar-refractivity contribution is 7.80. The first-order valence-electron chi connectivity index (χ1n) is 5.56. The summed E-state index contributed by atoms with van der Waals surface area (Å²) in [6.45, 7) is 2.90. The predicted molar refractivity (Wildman–Crippen MR) is 72.6 cm³/mol. The van der Waals surface area contributed by atoms with Gasteiger partial charge in [-0.15, -0.1) is 0 Å². The fourth-order valence-electron chi connectivity index (χ4n) is 1.41. The fourth-order valence-corrected chi connectivity index (χ4v) is 2.07. The third-order valence-electron chi connectivity index (χ3n) is 2.70. The SMILES string of the molecule is CCC(CCS)(COC=O)COC(=O)CCS. The Labute approximate surface area is 113 Å². The quantitative estimate of drug-likeness (QED) is 0.363. The highest BCUT2D eigenvalue weighted by atomic mass is 32.1. The van der Waals surface area contributed by atoms with Gasteiger partial charge in [0.05, 0.1) is 13.0 Å². The lowest BCUT2D eigenvalue weighted by atomic mass is 9.84. The Morgan fingerprint density at radius 3 is 2.47 bits per heavy atom. The average Bonchev–Trinajstić information content (AvgIpc) is 2.33. The zero-order valence-corrected chi connectivity index (χ0v) is 11.8. The van der Waals surface area contributed by atoms with E-state index >= 15 is 0 Å². The van der Waals surface area contributed by atoms with Gasteiger partial charge in [-0.1, -0.05) is 6.92 Å². The number of rotatable bonds is 10. The van der Waals surface area contributed by atoms with Crippen molar-refractivity contribution in [3.63, 3.8) is 0 Å². The Balaban J connectivity index is 4.33. The van der Waals surface area contributed by atoms with Crippen LogP contribution in [0.3, 0.4) is 0 Å². The van der Waals surface area contributed by atoms with E-state index in [2.05, 4.69) is 25.3 Å². The number of esters is 1. The second kappa shape index (κ2) is 9.65. The van der Waals surface area contributed by atoms with E-state index < -0.39 is 0 Å². The minimum atomic E-state index is -0.324. The second-order valence-corrected chi connectivity index (χ2v) is 4.76. The van der Waals surface area contributed by atoms with Crippen LogP contribution in [0.1, 0.15) is 26.2 Å². The minimum Gasteiger partial charge on any atom is -0.467 e. The molecule has 0 aromatic carbocycles. The van der Waals surface area contributed by atoms with Crippen molar-refractivity contribution < 1.29 is 19.1 Å². The number of thiol groups is 2. The Morgan fingerprint density at radius 2 is 2.00 bits per heavy atom. The zero-order chi connectivity index (χ0) is 13.1. The van der Waals surface area contributed by atoms with Gasteiger partial charge in [0, 0.05) is 11.2 Å². The van der Waals surface area contributed by atoms with E-state index in [1.54, 1.807) is 0 Å². The van der Waals surface area contributed by atoms with Gasteiger partial charge in [-0.3, -0.25) is 9.59 Å². The lowest BCUT2D eigenvalue weighted by Crippen LogP contribution is -2.33. The van der Waals surface area contributed by atoms with E-state index in [0.717, 1.165) is 12.8 Å². The lowest BCUT2D eigenvalue weighted by molar-refractivity contribution is -0.149. The smallest absolute Gasteiger partial charge is 0.306 e. The van der Waals surface area contributed by atoms with Crippen molar-refractivity contribution in [2.24, 2.45) is 5.41 Å². The summed E-state index contributed by atoms with van der Waals surface area (Å²) in [5.74, 6) is 0.846. The van der Waals surface area contributed by atoms with Crippen molar-refractivity contribution in [3.8, 4) is 0 Å². The van der Waals surface area contributed by atoms with Crippen LogP contribution >= 0.6 is 25.3 Å². The van der Waals surface area contributed by atoms with Crippen LogP contribution in [0.25, 0.3) is 0 Å². The fraction of sp³-hybridized carbons (Fsp3) is 0.818. The van der Waals surface area contributed by atoms with E-state index in [9.17, 15) is 9.59 Å². The molecule has 0 bridgehead atoms. The standard InChI is InChI=1S/C11H20O4S2/c1-2-11(4-6-17,7-14-9-12)8-15-10(13)3-5-16/h9,16-17H,2-8H2,1H3. The summed E-state index contributed by atoms with van der Waals surface area (Å²) < 4.78 is 9.98. The van der Waals surface area contributed by atoms with Gasteiger partial charge in [0.2, 0.25) is 0 Å². The summed E-state index contributed by atoms with van der Waals surface area (Å²) in [4.78, 5) is 21.5. The molecule has 0 aliphatic rings. The van der Waals surface area contributed by atoms with Crippen LogP contribution in [0, 0.1) is 5.41 Å². The normalized spacial score (nSPS) is 13.8. The first-order valence-corrected chi connectivity index (χ1v) is 6.83. The number of hydrogen-bond acceptors (Lipinski definition) is 6. The molecule has 0 rings (SSSR count). The Kier molecular flexibility index (Phi) is 9.44. The maximum atomic E-state index is 11.3. The van der Waals surface area contributed by atoms with Crippen molar-refractivity contribution in [2.45, 2.75) is 26.2 Å². The highest BCUT2D eigenvalue weighted by Gasteiger charge is 2.30. The molecule has 0 heterocycles. The van der Waals surface area contributed by atoms with E-state index in [1.807, 2.05) is 6.92 Å². The van der Waals surface area contributed by atoms with Crippen LogP contribution in [0.15, 0.2) is 0 Å². The monoisotopic (exact) mass is 280 g/mol. The predicted octanol–water partition coefficient (Wildman–Crippen LogP) is 1.74. The van der Waals surface area contributed by atoms with Gasteiger partial charge in [0.1, 0.15) is 6.61 Å². The molecular weight excluding hydrogens is 260 g/mol. The zero-order valence-electron chi connectivity index (χ0n) is 10.1. The summed E-state index contributed by atoms with van der Waals surface area (Å²) in [6, 6.07) is 0. The molecule has 0 saturated carbocycles. The Morgan fingerprint density at radius 1 is 1.29 bits per heavy atom. The van der Waals surface area contributed by atoms with Gasteiger partial charge in [-0.25, -0.2) is 0 Å². The van der Waals surface area contributed by atoms with Crippen molar-refractivity contribution in [3.05, 3.63) is 0 Å². The molecule has 0 radical (unpaired) electrons. The van der Waals surface area contributed by atoms with Crippen LogP contribution < -0.4 is 0 Å². The van der Waals surface area contributed by atoms with Gasteiger partial charge in [-0.2, -0.15) is 25.3 Å². The molecule has 0 aliphatic carbocycles. The molecular formula is C11H20O4S2. The summed E-state index contributed by atoms with van der Waals surface area (Å²) in [7, 11) is 0. The molecule has 6 heteroatoms. The molecule has 100 valence electrons. The van der Waals surface area contributed by atoms with E-state index in [-0.39, 0.29) is 31.0 Å². The first-order chi connectivity index (χ1) is 8.14. The molecule has 17 heavy (non-hydrogen) atoms. The summed E-state index contributed by atoms with van der Waals surface area (Å²) >= 11 is 8.14. The molecule has 0 saturated heterocycles. The molecule has 1 atom stereocenters. The second-order valence-electron chi connectivity index (χ2n) is 3.87. The van der Waals surface area contributed by atoms with Crippen molar-refractivity contribution in [1.82, 2.24) is 0 Å². The summed E-state index contributed by atoms with van der Waals surface area (Å²) in [5.41, 5.74) is -0.324. The Hall–Kier alpha value is -0.360. The number of carbonyl (C=O) groups is 2. The molecule has 0 N–H and O–H groups in total. The van der Waals surface area contributed by atoms with Crippen LogP contribution in [-0.2, 0) is 19.1 Å². The van der Waals surface area contributed by atoms with Crippen LogP contribution in [0.5, 0.6) is 0 Å². The topological polar surface area (TPSA) is 52.6 Å². The molecule has 1 unspecified atom stereocenters. The minimum absolute atomic E-state index is 0.252. The maximum Gasteiger partial charge on any atom is 0.306 e. The molecule has 0 aliphatic heterocycles.